The summed E-state index contributed by atoms with van der Waals surface area (Å²) in [5, 5.41) is 8.33. The first-order chi connectivity index (χ1) is 31.4. The van der Waals surface area contributed by atoms with Gasteiger partial charge in [0.15, 0.2) is 0 Å². The van der Waals surface area contributed by atoms with Gasteiger partial charge in [-0.15, -0.1) is 10.2 Å². The lowest BCUT2D eigenvalue weighted by molar-refractivity contribution is 0.584. The van der Waals surface area contributed by atoms with Crippen LogP contribution in [0.25, 0.3) is 45.2 Å². The maximum Gasteiger partial charge on any atom is 0.248 e. The number of aryl methyl sites for hydroxylation is 3. The monoisotopic (exact) mass is 828 g/mol. The van der Waals surface area contributed by atoms with E-state index in [4.69, 9.17) is 4.42 Å². The van der Waals surface area contributed by atoms with Gasteiger partial charge in [0.05, 0.1) is 0 Å². The molecule has 9 aromatic carbocycles. The largest absolute Gasteiger partial charge is 0.416 e. The third-order valence-electron chi connectivity index (χ3n) is 11.1. The maximum atomic E-state index is 5.82. The average Bonchev–Trinajstić information content (AvgIpc) is 3.85. The van der Waals surface area contributed by atoms with E-state index in [0.29, 0.717) is 11.8 Å². The Morgan fingerprint density at radius 3 is 0.984 bits per heavy atom. The quantitative estimate of drug-likeness (QED) is 0.137. The van der Waals surface area contributed by atoms with Gasteiger partial charge in [-0.25, -0.2) is 0 Å². The topological polar surface area (TPSA) is 45.4 Å². The molecule has 0 unspecified atom stereocenters. The molecule has 5 heteroatoms. The second kappa shape index (κ2) is 19.2. The predicted octanol–water partition coefficient (Wildman–Crippen LogP) is 16.3. The Morgan fingerprint density at radius 1 is 0.266 bits per heavy atom. The smallest absolute Gasteiger partial charge is 0.248 e. The van der Waals surface area contributed by atoms with E-state index in [-0.39, 0.29) is 0 Å². The molecule has 10 rings (SSSR count). The Balaban J connectivity index is 0.000000184. The molecule has 0 saturated carbocycles. The minimum Gasteiger partial charge on any atom is -0.416 e. The van der Waals surface area contributed by atoms with Crippen LogP contribution in [0.2, 0.25) is 0 Å². The van der Waals surface area contributed by atoms with Crippen molar-refractivity contribution in [2.24, 2.45) is 0 Å². The lowest BCUT2D eigenvalue weighted by Gasteiger charge is -2.26. The van der Waals surface area contributed by atoms with E-state index < -0.39 is 0 Å². The fourth-order valence-electron chi connectivity index (χ4n) is 7.78. The second-order valence-electron chi connectivity index (χ2n) is 15.8. The first-order valence-corrected chi connectivity index (χ1v) is 21.6. The van der Waals surface area contributed by atoms with Crippen LogP contribution in [0.4, 0.5) is 34.1 Å². The number of nitrogens with zero attached hydrogens (tertiary/aromatic N) is 4. The standard InChI is InChI=1S/C38H32N2.C21H16N2O/c1-29-11-9-17-37(27-29)39(33-13-5-3-6-14-33)35-23-19-31(20-24-35)32-21-25-36(26-22-32)40(34-15-7-4-8-16-34)38-18-10-12-30(2)28-38;1-15-7-9-18(10-8-15)20-22-23-21(24-20)19-13-11-17(12-14-19)16-5-3-2-4-6-16/h3-28H,1-2H3;2-14H,1H3. The molecule has 10 aromatic rings. The van der Waals surface area contributed by atoms with Crippen LogP contribution in [0.15, 0.2) is 241 Å². The SMILES string of the molecule is Cc1ccc(-c2nnc(-c3ccc(-c4ccccc4)cc3)o2)cc1.Cc1cccc(N(c2ccccc2)c2ccc(-c3ccc(N(c4ccccc4)c4cccc(C)c4)cc3)cc2)c1. The highest BCUT2D eigenvalue weighted by molar-refractivity contribution is 5.81. The van der Waals surface area contributed by atoms with Crippen molar-refractivity contribution in [1.82, 2.24) is 10.2 Å². The van der Waals surface area contributed by atoms with Crippen LogP contribution in [-0.4, -0.2) is 10.2 Å². The van der Waals surface area contributed by atoms with Gasteiger partial charge in [-0.05, 0) is 151 Å². The van der Waals surface area contributed by atoms with Gasteiger partial charge in [-0.2, -0.15) is 0 Å². The van der Waals surface area contributed by atoms with Gasteiger partial charge in [0.25, 0.3) is 0 Å². The first-order valence-electron chi connectivity index (χ1n) is 21.6. The number of aromatic nitrogens is 2. The second-order valence-corrected chi connectivity index (χ2v) is 15.8. The molecule has 1 heterocycles. The molecule has 0 fully saturated rings. The summed E-state index contributed by atoms with van der Waals surface area (Å²) in [5.74, 6) is 1.07. The van der Waals surface area contributed by atoms with Gasteiger partial charge < -0.3 is 14.2 Å². The van der Waals surface area contributed by atoms with E-state index in [0.717, 1.165) is 50.8 Å². The van der Waals surface area contributed by atoms with Crippen molar-refractivity contribution in [1.29, 1.82) is 0 Å². The highest BCUT2D eigenvalue weighted by atomic mass is 16.4. The molecule has 0 amide bonds. The molecule has 310 valence electrons. The molecule has 0 radical (unpaired) electrons. The number of hydrogen-bond acceptors (Lipinski definition) is 5. The van der Waals surface area contributed by atoms with Crippen LogP contribution >= 0.6 is 0 Å². The predicted molar refractivity (Wildman–Crippen MR) is 266 cm³/mol. The third kappa shape index (κ3) is 9.60. The van der Waals surface area contributed by atoms with Crippen molar-refractivity contribution in [2.45, 2.75) is 20.8 Å². The number of hydrogen-bond donors (Lipinski definition) is 0. The minimum atomic E-state index is 0.533. The summed E-state index contributed by atoms with van der Waals surface area (Å²) < 4.78 is 5.82. The fraction of sp³-hybridized carbons (Fsp3) is 0.0508. The molecular weight excluding hydrogens is 781 g/mol. The summed E-state index contributed by atoms with van der Waals surface area (Å²) in [6.07, 6.45) is 0. The first kappa shape index (κ1) is 41.1. The number of anilines is 6. The molecule has 5 nitrogen and oxygen atoms in total. The highest BCUT2D eigenvalue weighted by Gasteiger charge is 2.15. The summed E-state index contributed by atoms with van der Waals surface area (Å²) in [5.41, 5.74) is 17.1. The fourth-order valence-corrected chi connectivity index (χ4v) is 7.78. The van der Waals surface area contributed by atoms with Gasteiger partial charge in [0, 0.05) is 45.3 Å². The molecule has 0 saturated heterocycles. The molecule has 0 spiro atoms. The van der Waals surface area contributed by atoms with E-state index in [2.05, 4.69) is 223 Å². The third-order valence-corrected chi connectivity index (χ3v) is 11.1. The number of para-hydroxylation sites is 2. The van der Waals surface area contributed by atoms with Gasteiger partial charge in [-0.3, -0.25) is 0 Å². The molecule has 64 heavy (non-hydrogen) atoms. The van der Waals surface area contributed by atoms with Gasteiger partial charge in [-0.1, -0.05) is 145 Å². The van der Waals surface area contributed by atoms with Crippen molar-refractivity contribution in [3.8, 4) is 45.2 Å². The average molecular weight is 829 g/mol. The summed E-state index contributed by atoms with van der Waals surface area (Å²) in [7, 11) is 0. The molecule has 0 aliphatic carbocycles. The molecule has 0 aliphatic heterocycles. The lowest BCUT2D eigenvalue weighted by atomic mass is 10.0. The van der Waals surface area contributed by atoms with E-state index in [9.17, 15) is 0 Å². The maximum absolute atomic E-state index is 5.82. The number of rotatable bonds is 10. The van der Waals surface area contributed by atoms with Gasteiger partial charge in [0.2, 0.25) is 11.8 Å². The van der Waals surface area contributed by atoms with Crippen LogP contribution in [0.1, 0.15) is 16.7 Å². The summed E-state index contributed by atoms with van der Waals surface area (Å²) in [6, 6.07) is 82.6. The molecule has 0 N–H and O–H groups in total. The van der Waals surface area contributed by atoms with Gasteiger partial charge >= 0.3 is 0 Å². The normalized spacial score (nSPS) is 10.7. The van der Waals surface area contributed by atoms with E-state index in [1.165, 1.54) is 33.4 Å². The zero-order chi connectivity index (χ0) is 43.7. The molecule has 0 aliphatic rings. The van der Waals surface area contributed by atoms with E-state index in [1.54, 1.807) is 0 Å². The summed E-state index contributed by atoms with van der Waals surface area (Å²) in [4.78, 5) is 4.61. The van der Waals surface area contributed by atoms with Gasteiger partial charge in [0.1, 0.15) is 0 Å². The van der Waals surface area contributed by atoms with E-state index >= 15 is 0 Å². The van der Waals surface area contributed by atoms with Crippen molar-refractivity contribution in [2.75, 3.05) is 9.80 Å². The zero-order valence-electron chi connectivity index (χ0n) is 36.2. The number of benzene rings is 9. The van der Waals surface area contributed by atoms with Crippen LogP contribution in [0.5, 0.6) is 0 Å². The Bertz CT molecular complexity index is 2910. The van der Waals surface area contributed by atoms with Crippen molar-refractivity contribution in [3.05, 3.63) is 253 Å². The summed E-state index contributed by atoms with van der Waals surface area (Å²) >= 11 is 0. The molecular formula is C59H48N4O. The van der Waals surface area contributed by atoms with Crippen LogP contribution < -0.4 is 9.80 Å². The molecule has 0 bridgehead atoms. The van der Waals surface area contributed by atoms with Crippen LogP contribution in [-0.2, 0) is 0 Å². The molecule has 1 aromatic heterocycles. The zero-order valence-corrected chi connectivity index (χ0v) is 36.2. The Labute approximate surface area is 376 Å². The Hall–Kier alpha value is -8.28. The molecule has 0 atom stereocenters. The van der Waals surface area contributed by atoms with Crippen molar-refractivity contribution in [3.63, 3.8) is 0 Å². The lowest BCUT2D eigenvalue weighted by Crippen LogP contribution is -2.10. The minimum absolute atomic E-state index is 0.533. The highest BCUT2D eigenvalue weighted by Crippen LogP contribution is 2.38. The van der Waals surface area contributed by atoms with Crippen LogP contribution in [0, 0.1) is 20.8 Å². The Kier molecular flexibility index (Phi) is 12.3. The Morgan fingerprint density at radius 2 is 0.578 bits per heavy atom. The van der Waals surface area contributed by atoms with Crippen molar-refractivity contribution < 1.29 is 4.42 Å². The van der Waals surface area contributed by atoms with E-state index in [1.807, 2.05) is 54.6 Å². The summed E-state index contributed by atoms with van der Waals surface area (Å²) in [6.45, 7) is 6.33. The van der Waals surface area contributed by atoms with Crippen LogP contribution in [0.3, 0.4) is 0 Å². The van der Waals surface area contributed by atoms with Crippen molar-refractivity contribution >= 4 is 34.1 Å².